The van der Waals surface area contributed by atoms with Crippen LogP contribution in [-0.4, -0.2) is 39.5 Å². The van der Waals surface area contributed by atoms with Crippen molar-refractivity contribution in [2.45, 2.75) is 66.1 Å². The largest absolute Gasteiger partial charge is 0.327 e. The highest BCUT2D eigenvalue weighted by atomic mass is 35.5. The lowest BCUT2D eigenvalue weighted by Crippen LogP contribution is -2.56. The summed E-state index contributed by atoms with van der Waals surface area (Å²) in [4.78, 5) is 22.3. The van der Waals surface area contributed by atoms with E-state index in [2.05, 4.69) is 53.4 Å². The molecule has 1 fully saturated rings. The number of hydrogen-bond donors (Lipinski definition) is 0. The lowest BCUT2D eigenvalue weighted by molar-refractivity contribution is -0.122. The normalized spacial score (nSPS) is 15.6. The van der Waals surface area contributed by atoms with Crippen LogP contribution in [0.2, 0.25) is 0 Å². The van der Waals surface area contributed by atoms with Gasteiger partial charge in [0.1, 0.15) is 5.82 Å². The molecule has 1 aliphatic heterocycles. The number of nitrogens with zero attached hydrogens (tertiary/aromatic N) is 5. The Morgan fingerprint density at radius 1 is 1.05 bits per heavy atom. The van der Waals surface area contributed by atoms with Crippen molar-refractivity contribution >= 4 is 36.4 Å². The van der Waals surface area contributed by atoms with Gasteiger partial charge in [0.2, 0.25) is 5.91 Å². The number of nitriles is 1. The Balaban J connectivity index is 0.00000241. The van der Waals surface area contributed by atoms with Crippen LogP contribution in [0.3, 0.4) is 0 Å². The van der Waals surface area contributed by atoms with Crippen LogP contribution in [0.5, 0.6) is 0 Å². The second kappa shape index (κ2) is 13.6. The van der Waals surface area contributed by atoms with Gasteiger partial charge in [-0.1, -0.05) is 44.0 Å². The molecule has 6 nitrogen and oxygen atoms in total. The number of aromatic nitrogens is 2. The van der Waals surface area contributed by atoms with Gasteiger partial charge in [-0.15, -0.1) is 24.8 Å². The van der Waals surface area contributed by atoms with Crippen LogP contribution in [0, 0.1) is 32.1 Å². The summed E-state index contributed by atoms with van der Waals surface area (Å²) in [6.07, 6.45) is 5.28. The molecular weight excluding hydrogens is 505 g/mol. The first-order chi connectivity index (χ1) is 16.9. The van der Waals surface area contributed by atoms with Gasteiger partial charge in [-0.25, -0.2) is 4.98 Å². The zero-order chi connectivity index (χ0) is 24.9. The van der Waals surface area contributed by atoms with E-state index >= 15 is 0 Å². The predicted molar refractivity (Wildman–Crippen MR) is 154 cm³/mol. The topological polar surface area (TPSA) is 65.2 Å². The van der Waals surface area contributed by atoms with Crippen molar-refractivity contribution in [3.63, 3.8) is 0 Å². The summed E-state index contributed by atoms with van der Waals surface area (Å²) >= 11 is 0. The van der Waals surface area contributed by atoms with E-state index in [1.165, 1.54) is 11.1 Å². The van der Waals surface area contributed by atoms with E-state index in [1.54, 1.807) is 0 Å². The molecule has 2 aromatic carbocycles. The third kappa shape index (κ3) is 6.93. The number of carbonyl (C=O) groups is 1. The van der Waals surface area contributed by atoms with Crippen molar-refractivity contribution in [1.29, 1.82) is 5.26 Å². The maximum Gasteiger partial charge on any atom is 0.241 e. The maximum absolute atomic E-state index is 13.4. The van der Waals surface area contributed by atoms with Crippen LogP contribution in [0.15, 0.2) is 48.7 Å². The summed E-state index contributed by atoms with van der Waals surface area (Å²) in [6.45, 7) is 11.0. The van der Waals surface area contributed by atoms with Crippen LogP contribution in [0.4, 0.5) is 5.69 Å². The number of unbranched alkanes of at least 4 members (excludes halogenated alkanes) is 1. The van der Waals surface area contributed by atoms with E-state index in [0.29, 0.717) is 37.8 Å². The Morgan fingerprint density at radius 2 is 1.78 bits per heavy atom. The number of rotatable bonds is 8. The molecule has 3 aromatic rings. The molecule has 0 unspecified atom stereocenters. The van der Waals surface area contributed by atoms with E-state index in [4.69, 9.17) is 5.26 Å². The molecule has 1 saturated heterocycles. The summed E-state index contributed by atoms with van der Waals surface area (Å²) in [5, 5.41) is 9.08. The number of aryl methyl sites for hydroxylation is 2. The molecule has 198 valence electrons. The highest BCUT2D eigenvalue weighted by Crippen LogP contribution is 2.28. The van der Waals surface area contributed by atoms with E-state index in [9.17, 15) is 4.79 Å². The molecule has 0 N–H and O–H groups in total. The van der Waals surface area contributed by atoms with Gasteiger partial charge < -0.3 is 9.47 Å². The lowest BCUT2D eigenvalue weighted by Gasteiger charge is -2.41. The average molecular weight is 543 g/mol. The van der Waals surface area contributed by atoms with Gasteiger partial charge in [-0.2, -0.15) is 5.26 Å². The van der Waals surface area contributed by atoms with Gasteiger partial charge in [0.05, 0.1) is 23.9 Å². The van der Waals surface area contributed by atoms with Crippen LogP contribution in [0.25, 0.3) is 0 Å². The summed E-state index contributed by atoms with van der Waals surface area (Å²) < 4.78 is 2.22. The Hall–Kier alpha value is -2.85. The first-order valence-electron chi connectivity index (χ1n) is 12.5. The van der Waals surface area contributed by atoms with Gasteiger partial charge in [0, 0.05) is 37.6 Å². The zero-order valence-corrected chi connectivity index (χ0v) is 23.7. The monoisotopic (exact) mass is 541 g/mol. The molecule has 0 spiro atoms. The molecule has 1 amide bonds. The van der Waals surface area contributed by atoms with Crippen LogP contribution < -0.4 is 4.90 Å². The molecule has 0 aliphatic carbocycles. The van der Waals surface area contributed by atoms with Crippen molar-refractivity contribution in [1.82, 2.24) is 14.5 Å². The number of amides is 1. The predicted octanol–water partition coefficient (Wildman–Crippen LogP) is 5.98. The van der Waals surface area contributed by atoms with Gasteiger partial charge in [-0.05, 0) is 62.1 Å². The maximum atomic E-state index is 13.4. The molecule has 37 heavy (non-hydrogen) atoms. The summed E-state index contributed by atoms with van der Waals surface area (Å²) in [7, 11) is 0. The summed E-state index contributed by atoms with van der Waals surface area (Å²) in [5.41, 5.74) is 6.34. The minimum Gasteiger partial charge on any atom is -0.327 e. The molecule has 1 aliphatic rings. The molecule has 2 heterocycles. The van der Waals surface area contributed by atoms with E-state index in [0.717, 1.165) is 42.0 Å². The van der Waals surface area contributed by atoms with Gasteiger partial charge in [0.25, 0.3) is 0 Å². The molecule has 1 aromatic heterocycles. The van der Waals surface area contributed by atoms with Crippen molar-refractivity contribution < 1.29 is 4.79 Å². The fourth-order valence-corrected chi connectivity index (χ4v) is 4.91. The second-order valence-electron chi connectivity index (χ2n) is 9.62. The lowest BCUT2D eigenvalue weighted by atomic mass is 10.0. The van der Waals surface area contributed by atoms with Crippen molar-refractivity contribution in [3.05, 3.63) is 82.4 Å². The molecule has 0 saturated carbocycles. The Kier molecular flexibility index (Phi) is 11.2. The highest BCUT2D eigenvalue weighted by Gasteiger charge is 2.33. The van der Waals surface area contributed by atoms with Crippen molar-refractivity contribution in [3.8, 4) is 6.07 Å². The molecule has 0 bridgehead atoms. The summed E-state index contributed by atoms with van der Waals surface area (Å²) in [5.74, 6) is 1.11. The van der Waals surface area contributed by atoms with E-state index in [1.807, 2.05) is 48.4 Å². The summed E-state index contributed by atoms with van der Waals surface area (Å²) in [6, 6.07) is 16.4. The first kappa shape index (κ1) is 30.4. The fourth-order valence-electron chi connectivity index (χ4n) is 4.91. The number of carbonyl (C=O) groups excluding carboxylic acids is 1. The number of benzene rings is 2. The van der Waals surface area contributed by atoms with E-state index < -0.39 is 0 Å². The van der Waals surface area contributed by atoms with Crippen molar-refractivity contribution in [2.75, 3.05) is 18.0 Å². The third-order valence-corrected chi connectivity index (χ3v) is 7.23. The quantitative estimate of drug-likeness (QED) is 0.351. The van der Waals surface area contributed by atoms with Crippen molar-refractivity contribution in [2.24, 2.45) is 0 Å². The number of halogens is 2. The van der Waals surface area contributed by atoms with E-state index in [-0.39, 0.29) is 30.7 Å². The number of anilines is 1. The Labute approximate surface area is 233 Å². The second-order valence-corrected chi connectivity index (χ2v) is 9.62. The standard InChI is InChI=1S/C29H35N5O.2ClH/c1-5-6-9-26-19-34(28-10-7-8-21(2)22(28)3)29(35)20-32(26)18-27-16-31-23(4)33(27)17-25-13-11-24(15-30)12-14-25;;/h7-8,10-14,16,26H,5-6,9,17-20H2,1-4H3;2*1H/t26-;;/m0../s1. The molecular formula is C29H37Cl2N5O. The average Bonchev–Trinajstić information content (AvgIpc) is 3.19. The first-order valence-corrected chi connectivity index (χ1v) is 12.5. The Bertz CT molecular complexity index is 1230. The highest BCUT2D eigenvalue weighted by molar-refractivity contribution is 5.96. The van der Waals surface area contributed by atoms with Gasteiger partial charge in [-0.3, -0.25) is 9.69 Å². The zero-order valence-electron chi connectivity index (χ0n) is 22.1. The fraction of sp³-hybridized carbons (Fsp3) is 0.414. The van der Waals surface area contributed by atoms with Gasteiger partial charge in [0.15, 0.2) is 0 Å². The van der Waals surface area contributed by atoms with Gasteiger partial charge >= 0.3 is 0 Å². The SMILES string of the molecule is CCCC[C@H]1CN(c2cccc(C)c2C)C(=O)CN1Cc1cnc(C)n1Cc1ccc(C#N)cc1.Cl.Cl. The molecule has 1 atom stereocenters. The van der Waals surface area contributed by atoms with Crippen LogP contribution in [-0.2, 0) is 17.9 Å². The molecule has 8 heteroatoms. The minimum atomic E-state index is 0. The van der Waals surface area contributed by atoms with Crippen LogP contribution >= 0.6 is 24.8 Å². The third-order valence-electron chi connectivity index (χ3n) is 7.23. The van der Waals surface area contributed by atoms with Crippen LogP contribution in [0.1, 0.15) is 60.0 Å². The molecule has 4 rings (SSSR count). The molecule has 0 radical (unpaired) electrons. The number of hydrogen-bond acceptors (Lipinski definition) is 4. The number of piperazine rings is 1. The minimum absolute atomic E-state index is 0. The number of imidazole rings is 1. The smallest absolute Gasteiger partial charge is 0.241 e. The Morgan fingerprint density at radius 3 is 2.46 bits per heavy atom.